The normalized spacial score (nSPS) is 17.2. The van der Waals surface area contributed by atoms with Gasteiger partial charge >= 0.3 is 6.18 Å². The molecule has 5 nitrogen and oxygen atoms in total. The minimum absolute atomic E-state index is 0.0610. The number of hydrogen-bond donors (Lipinski definition) is 2. The van der Waals surface area contributed by atoms with Gasteiger partial charge in [0.2, 0.25) is 5.91 Å². The molecule has 1 atom stereocenters. The Bertz CT molecular complexity index is 879. The lowest BCUT2D eigenvalue weighted by Crippen LogP contribution is -2.41. The molecule has 0 bridgehead atoms. The number of halogens is 3. The van der Waals surface area contributed by atoms with Crippen LogP contribution in [0, 0.1) is 0 Å². The van der Waals surface area contributed by atoms with E-state index < -0.39 is 29.8 Å². The van der Waals surface area contributed by atoms with E-state index in [2.05, 4.69) is 0 Å². The molecule has 0 aliphatic carbocycles. The smallest absolute Gasteiger partial charge is 0.373 e. The average molecular weight is 378 g/mol. The molecule has 0 fully saturated rings. The van der Waals surface area contributed by atoms with Crippen molar-refractivity contribution in [3.63, 3.8) is 0 Å². The summed E-state index contributed by atoms with van der Waals surface area (Å²) in [6.45, 7) is 0.163. The molecule has 0 saturated heterocycles. The summed E-state index contributed by atoms with van der Waals surface area (Å²) in [6.07, 6.45) is -5.06. The monoisotopic (exact) mass is 378 g/mol. The molecular formula is C19H17F3N2O3. The zero-order chi connectivity index (χ0) is 19.8. The summed E-state index contributed by atoms with van der Waals surface area (Å²) in [5.41, 5.74) is 6.42. The number of fused-ring (bicyclic) bond motifs is 1. The average Bonchev–Trinajstić information content (AvgIpc) is 2.78. The molecule has 1 aliphatic heterocycles. The van der Waals surface area contributed by atoms with Crippen molar-refractivity contribution in [1.82, 2.24) is 4.90 Å². The number of hydrogen-bond acceptors (Lipinski definition) is 3. The number of nitrogens with zero attached hydrogens (tertiary/aromatic N) is 1. The summed E-state index contributed by atoms with van der Waals surface area (Å²) in [7, 11) is 0. The Morgan fingerprint density at radius 2 is 1.67 bits per heavy atom. The highest BCUT2D eigenvalue weighted by molar-refractivity contribution is 5.94. The molecule has 8 heteroatoms. The number of primary amides is 1. The van der Waals surface area contributed by atoms with Crippen LogP contribution >= 0.6 is 0 Å². The lowest BCUT2D eigenvalue weighted by molar-refractivity contribution is -0.137. The van der Waals surface area contributed by atoms with Gasteiger partial charge in [-0.1, -0.05) is 6.07 Å². The first-order valence-corrected chi connectivity index (χ1v) is 8.24. The number of aliphatic hydroxyl groups is 1. The van der Waals surface area contributed by atoms with E-state index in [1.807, 2.05) is 0 Å². The lowest BCUT2D eigenvalue weighted by Gasteiger charge is -2.26. The van der Waals surface area contributed by atoms with Crippen LogP contribution in [0.15, 0.2) is 42.5 Å². The van der Waals surface area contributed by atoms with E-state index in [-0.39, 0.29) is 18.5 Å². The van der Waals surface area contributed by atoms with Crippen molar-refractivity contribution in [3.05, 3.63) is 70.3 Å². The Morgan fingerprint density at radius 1 is 1.04 bits per heavy atom. The topological polar surface area (TPSA) is 83.6 Å². The molecule has 0 aromatic heterocycles. The van der Waals surface area contributed by atoms with Gasteiger partial charge in [-0.2, -0.15) is 13.2 Å². The predicted molar refractivity (Wildman–Crippen MR) is 90.9 cm³/mol. The van der Waals surface area contributed by atoms with Crippen LogP contribution in [0.25, 0.3) is 0 Å². The van der Waals surface area contributed by atoms with Crippen LogP contribution < -0.4 is 5.73 Å². The van der Waals surface area contributed by atoms with Gasteiger partial charge < -0.3 is 15.7 Å². The van der Waals surface area contributed by atoms with Crippen LogP contribution in [0.1, 0.15) is 37.4 Å². The first kappa shape index (κ1) is 18.9. The van der Waals surface area contributed by atoms with Gasteiger partial charge in [-0.3, -0.25) is 9.59 Å². The van der Waals surface area contributed by atoms with Gasteiger partial charge in [-0.25, -0.2) is 0 Å². The van der Waals surface area contributed by atoms with Gasteiger partial charge in [0.1, 0.15) is 6.23 Å². The van der Waals surface area contributed by atoms with E-state index in [4.69, 9.17) is 5.73 Å². The number of carbonyl (C=O) groups is 2. The van der Waals surface area contributed by atoms with E-state index in [9.17, 15) is 27.9 Å². The summed E-state index contributed by atoms with van der Waals surface area (Å²) in [4.78, 5) is 25.2. The van der Waals surface area contributed by atoms with Crippen molar-refractivity contribution in [2.75, 3.05) is 6.54 Å². The van der Waals surface area contributed by atoms with Crippen molar-refractivity contribution in [2.24, 2.45) is 5.73 Å². The fourth-order valence-electron chi connectivity index (χ4n) is 3.11. The third-order valence-corrected chi connectivity index (χ3v) is 4.60. The lowest BCUT2D eigenvalue weighted by atomic mass is 9.99. The second-order valence-electron chi connectivity index (χ2n) is 6.36. The second kappa shape index (κ2) is 7.03. The Morgan fingerprint density at radius 3 is 2.26 bits per heavy atom. The number of benzene rings is 2. The van der Waals surface area contributed by atoms with Gasteiger partial charge in [0, 0.05) is 24.1 Å². The minimum atomic E-state index is -4.48. The summed E-state index contributed by atoms with van der Waals surface area (Å²) in [6, 6.07) is 8.75. The van der Waals surface area contributed by atoms with E-state index in [1.165, 1.54) is 4.90 Å². The molecule has 142 valence electrons. The molecule has 2 aromatic carbocycles. The van der Waals surface area contributed by atoms with Gasteiger partial charge in [-0.15, -0.1) is 0 Å². The third-order valence-electron chi connectivity index (χ3n) is 4.60. The maximum Gasteiger partial charge on any atom is 0.416 e. The van der Waals surface area contributed by atoms with Crippen LogP contribution in [0.4, 0.5) is 13.2 Å². The quantitative estimate of drug-likeness (QED) is 0.842. The molecule has 3 rings (SSSR count). The number of aliphatic hydroxyl groups excluding tert-OH is 1. The number of alkyl halides is 3. The maximum absolute atomic E-state index is 12.7. The van der Waals surface area contributed by atoms with Crippen LogP contribution in [0.3, 0.4) is 0 Å². The first-order valence-electron chi connectivity index (χ1n) is 8.24. The number of nitrogens with two attached hydrogens (primary N) is 1. The Labute approximate surface area is 153 Å². The van der Waals surface area contributed by atoms with Crippen molar-refractivity contribution >= 4 is 11.8 Å². The highest BCUT2D eigenvalue weighted by Crippen LogP contribution is 2.29. The highest BCUT2D eigenvalue weighted by Gasteiger charge is 2.31. The van der Waals surface area contributed by atoms with Crippen LogP contribution in [0.5, 0.6) is 0 Å². The molecule has 0 radical (unpaired) electrons. The SMILES string of the molecule is NC(=O)c1ccc2c(c1)CCN(C(=O)c1ccc(C(F)(F)F)cc1)[C@H](O)C2. The van der Waals surface area contributed by atoms with E-state index >= 15 is 0 Å². The summed E-state index contributed by atoms with van der Waals surface area (Å²) >= 11 is 0. The summed E-state index contributed by atoms with van der Waals surface area (Å²) in [5, 5.41) is 10.4. The number of amides is 2. The van der Waals surface area contributed by atoms with Crippen molar-refractivity contribution < 1.29 is 27.9 Å². The van der Waals surface area contributed by atoms with Crippen LogP contribution in [-0.4, -0.2) is 34.6 Å². The highest BCUT2D eigenvalue weighted by atomic mass is 19.4. The molecule has 2 aromatic rings. The van der Waals surface area contributed by atoms with E-state index in [1.54, 1.807) is 18.2 Å². The summed E-state index contributed by atoms with van der Waals surface area (Å²) < 4.78 is 38.0. The van der Waals surface area contributed by atoms with Crippen molar-refractivity contribution in [1.29, 1.82) is 0 Å². The Hall–Kier alpha value is -2.87. The predicted octanol–water partition coefficient (Wildman–Crippen LogP) is 2.36. The van der Waals surface area contributed by atoms with Crippen LogP contribution in [-0.2, 0) is 19.0 Å². The Kier molecular flexibility index (Phi) is 4.93. The standard InChI is InChI=1S/C19H17F3N2O3/c20-19(21,22)15-5-3-11(4-6-15)18(27)24-8-7-13-9-14(17(23)26)2-1-12(13)10-16(24)25/h1-6,9,16,25H,7-8,10H2,(H2,23,26)/t16-/m1/s1. The first-order chi connectivity index (χ1) is 12.7. The Balaban J connectivity index is 1.81. The number of rotatable bonds is 2. The zero-order valence-corrected chi connectivity index (χ0v) is 14.2. The maximum atomic E-state index is 12.7. The molecule has 3 N–H and O–H groups in total. The van der Waals surface area contributed by atoms with Gasteiger partial charge in [-0.05, 0) is 53.9 Å². The molecule has 1 aliphatic rings. The molecule has 0 unspecified atom stereocenters. The molecular weight excluding hydrogens is 361 g/mol. The molecule has 0 saturated carbocycles. The number of carbonyl (C=O) groups excluding carboxylic acids is 2. The third kappa shape index (κ3) is 3.95. The largest absolute Gasteiger partial charge is 0.416 e. The molecule has 27 heavy (non-hydrogen) atoms. The fourth-order valence-corrected chi connectivity index (χ4v) is 3.11. The van der Waals surface area contributed by atoms with E-state index in [0.29, 0.717) is 12.0 Å². The van der Waals surface area contributed by atoms with Crippen molar-refractivity contribution in [3.8, 4) is 0 Å². The molecule has 2 amide bonds. The van der Waals surface area contributed by atoms with Gasteiger partial charge in [0.05, 0.1) is 5.56 Å². The van der Waals surface area contributed by atoms with Gasteiger partial charge in [0.15, 0.2) is 0 Å². The summed E-state index contributed by atoms with van der Waals surface area (Å²) in [5.74, 6) is -1.13. The minimum Gasteiger partial charge on any atom is -0.373 e. The van der Waals surface area contributed by atoms with E-state index in [0.717, 1.165) is 35.4 Å². The second-order valence-corrected chi connectivity index (χ2v) is 6.36. The molecule has 0 spiro atoms. The zero-order valence-electron chi connectivity index (χ0n) is 14.2. The van der Waals surface area contributed by atoms with Crippen LogP contribution in [0.2, 0.25) is 0 Å². The molecule has 1 heterocycles. The fraction of sp³-hybridized carbons (Fsp3) is 0.263. The van der Waals surface area contributed by atoms with Gasteiger partial charge in [0.25, 0.3) is 5.91 Å². The van der Waals surface area contributed by atoms with Crippen molar-refractivity contribution in [2.45, 2.75) is 25.2 Å².